The van der Waals surface area contributed by atoms with E-state index in [1.165, 1.54) is 0 Å². The Bertz CT molecular complexity index is 672. The first-order chi connectivity index (χ1) is 10.9. The number of aromatic hydroxyl groups is 1. The quantitative estimate of drug-likeness (QED) is 0.898. The van der Waals surface area contributed by atoms with Crippen molar-refractivity contribution in [2.75, 3.05) is 0 Å². The normalized spacial score (nSPS) is 11.1. The minimum atomic E-state index is -4.53. The zero-order valence-electron chi connectivity index (χ0n) is 11.9. The third-order valence-electron chi connectivity index (χ3n) is 3.05. The van der Waals surface area contributed by atoms with Gasteiger partial charge < -0.3 is 15.2 Å². The number of alkyl halides is 3. The van der Waals surface area contributed by atoms with Gasteiger partial charge in [-0.1, -0.05) is 36.4 Å². The van der Waals surface area contributed by atoms with Crippen molar-refractivity contribution in [3.63, 3.8) is 0 Å². The molecule has 0 atom stereocenters. The molecule has 2 aromatic rings. The molecule has 7 heteroatoms. The van der Waals surface area contributed by atoms with E-state index < -0.39 is 23.6 Å². The summed E-state index contributed by atoms with van der Waals surface area (Å²) in [5.74, 6) is -0.539. The van der Waals surface area contributed by atoms with Gasteiger partial charge in [-0.25, -0.2) is 4.79 Å². The van der Waals surface area contributed by atoms with Crippen molar-refractivity contribution in [1.29, 1.82) is 0 Å². The first kappa shape index (κ1) is 16.7. The van der Waals surface area contributed by atoms with E-state index in [-0.39, 0.29) is 18.7 Å². The molecule has 0 saturated heterocycles. The zero-order valence-corrected chi connectivity index (χ0v) is 11.9. The van der Waals surface area contributed by atoms with Gasteiger partial charge in [-0.3, -0.25) is 0 Å². The van der Waals surface area contributed by atoms with Crippen LogP contribution in [0, 0.1) is 0 Å². The summed E-state index contributed by atoms with van der Waals surface area (Å²) < 4.78 is 42.4. The van der Waals surface area contributed by atoms with Crippen LogP contribution in [0.4, 0.5) is 18.0 Å². The number of phenolic OH excluding ortho intramolecular Hbond substituents is 1. The molecule has 2 N–H and O–H groups in total. The molecule has 2 aromatic carbocycles. The fourth-order valence-corrected chi connectivity index (χ4v) is 1.83. The van der Waals surface area contributed by atoms with Crippen molar-refractivity contribution in [3.05, 3.63) is 65.2 Å². The smallest absolute Gasteiger partial charge is 0.416 e. The number of amides is 1. The molecule has 0 spiro atoms. The van der Waals surface area contributed by atoms with Crippen LogP contribution in [-0.4, -0.2) is 11.2 Å². The molecule has 2 rings (SSSR count). The maximum absolute atomic E-state index is 12.5. The first-order valence-corrected chi connectivity index (χ1v) is 6.70. The lowest BCUT2D eigenvalue weighted by molar-refractivity contribution is -0.137. The van der Waals surface area contributed by atoms with Crippen LogP contribution in [0.25, 0.3) is 0 Å². The maximum atomic E-state index is 12.5. The number of carbonyl (C=O) groups excluding carboxylic acids is 1. The van der Waals surface area contributed by atoms with E-state index in [4.69, 9.17) is 4.74 Å². The summed E-state index contributed by atoms with van der Waals surface area (Å²) >= 11 is 0. The highest BCUT2D eigenvalue weighted by molar-refractivity contribution is 5.67. The van der Waals surface area contributed by atoms with Crippen LogP contribution in [0.5, 0.6) is 5.75 Å². The minimum absolute atomic E-state index is 0.0751. The highest BCUT2D eigenvalue weighted by Crippen LogP contribution is 2.32. The molecule has 0 heterocycles. The van der Waals surface area contributed by atoms with E-state index in [9.17, 15) is 23.1 Å². The van der Waals surface area contributed by atoms with E-state index in [0.29, 0.717) is 6.07 Å². The van der Waals surface area contributed by atoms with Crippen LogP contribution in [0.2, 0.25) is 0 Å². The third-order valence-corrected chi connectivity index (χ3v) is 3.05. The summed E-state index contributed by atoms with van der Waals surface area (Å²) in [6.45, 7) is -0.0662. The van der Waals surface area contributed by atoms with Crippen LogP contribution >= 0.6 is 0 Å². The number of alkyl carbamates (subject to hydrolysis) is 1. The number of benzene rings is 2. The first-order valence-electron chi connectivity index (χ1n) is 6.70. The number of hydrogen-bond acceptors (Lipinski definition) is 3. The molecular weight excluding hydrogens is 311 g/mol. The second kappa shape index (κ2) is 7.04. The van der Waals surface area contributed by atoms with Gasteiger partial charge in [-0.05, 0) is 17.7 Å². The SMILES string of the molecule is O=C(NCc1ccc(C(F)(F)F)cc1O)OCc1ccccc1. The van der Waals surface area contributed by atoms with Crippen LogP contribution in [0.1, 0.15) is 16.7 Å². The fraction of sp³-hybridized carbons (Fsp3) is 0.188. The molecule has 0 unspecified atom stereocenters. The monoisotopic (exact) mass is 325 g/mol. The summed E-state index contributed by atoms with van der Waals surface area (Å²) in [6.07, 6.45) is -5.26. The Morgan fingerprint density at radius 2 is 1.83 bits per heavy atom. The summed E-state index contributed by atoms with van der Waals surface area (Å²) in [5.41, 5.74) is 0.0140. The number of rotatable bonds is 4. The van der Waals surface area contributed by atoms with Crippen LogP contribution < -0.4 is 5.32 Å². The van der Waals surface area contributed by atoms with Crippen LogP contribution in [0.3, 0.4) is 0 Å². The van der Waals surface area contributed by atoms with Gasteiger partial charge in [0.05, 0.1) is 5.56 Å². The Balaban J connectivity index is 1.87. The van der Waals surface area contributed by atoms with Crippen molar-refractivity contribution in [1.82, 2.24) is 5.32 Å². The van der Waals surface area contributed by atoms with Gasteiger partial charge in [-0.15, -0.1) is 0 Å². The highest BCUT2D eigenvalue weighted by Gasteiger charge is 2.31. The van der Waals surface area contributed by atoms with Crippen molar-refractivity contribution in [2.24, 2.45) is 0 Å². The number of halogens is 3. The van der Waals surface area contributed by atoms with Gasteiger partial charge in [0, 0.05) is 12.1 Å². The second-order valence-corrected chi connectivity index (χ2v) is 4.76. The molecule has 1 amide bonds. The van der Waals surface area contributed by atoms with Gasteiger partial charge in [0.1, 0.15) is 12.4 Å². The van der Waals surface area contributed by atoms with E-state index >= 15 is 0 Å². The van der Waals surface area contributed by atoms with Crippen molar-refractivity contribution in [3.8, 4) is 5.75 Å². The zero-order chi connectivity index (χ0) is 16.9. The molecule has 0 saturated carbocycles. The van der Waals surface area contributed by atoms with Crippen LogP contribution in [0.15, 0.2) is 48.5 Å². The van der Waals surface area contributed by atoms with Gasteiger partial charge in [0.25, 0.3) is 0 Å². The Kier molecular flexibility index (Phi) is 5.10. The molecule has 0 aliphatic rings. The molecule has 0 fully saturated rings. The van der Waals surface area contributed by atoms with Gasteiger partial charge >= 0.3 is 12.3 Å². The maximum Gasteiger partial charge on any atom is 0.416 e. The van der Waals surface area contributed by atoms with Crippen molar-refractivity contribution >= 4 is 6.09 Å². The van der Waals surface area contributed by atoms with Gasteiger partial charge in [0.2, 0.25) is 0 Å². The molecule has 23 heavy (non-hydrogen) atoms. The predicted octanol–water partition coefficient (Wildman–Crippen LogP) is 3.84. The number of phenols is 1. The number of nitrogens with one attached hydrogen (secondary N) is 1. The highest BCUT2D eigenvalue weighted by atomic mass is 19.4. The molecule has 0 aromatic heterocycles. The van der Waals surface area contributed by atoms with Crippen molar-refractivity contribution < 1.29 is 27.8 Å². The Hall–Kier alpha value is -2.70. The van der Waals surface area contributed by atoms with E-state index in [1.807, 2.05) is 6.07 Å². The molecule has 0 aliphatic carbocycles. The second-order valence-electron chi connectivity index (χ2n) is 4.76. The number of carbonyl (C=O) groups is 1. The number of hydrogen-bond donors (Lipinski definition) is 2. The minimum Gasteiger partial charge on any atom is -0.508 e. The molecule has 0 aliphatic heterocycles. The van der Waals surface area contributed by atoms with E-state index in [0.717, 1.165) is 17.7 Å². The fourth-order valence-electron chi connectivity index (χ4n) is 1.83. The topological polar surface area (TPSA) is 58.6 Å². The lowest BCUT2D eigenvalue weighted by atomic mass is 10.1. The molecule has 0 radical (unpaired) electrons. The van der Waals surface area contributed by atoms with E-state index in [1.54, 1.807) is 24.3 Å². The largest absolute Gasteiger partial charge is 0.508 e. The van der Waals surface area contributed by atoms with Gasteiger partial charge in [-0.2, -0.15) is 13.2 Å². The summed E-state index contributed by atoms with van der Waals surface area (Å²) in [6, 6.07) is 11.6. The lowest BCUT2D eigenvalue weighted by Crippen LogP contribution is -2.23. The Labute approximate surface area is 130 Å². The summed E-state index contributed by atoms with van der Waals surface area (Å²) in [5, 5.41) is 11.9. The Morgan fingerprint density at radius 3 is 2.43 bits per heavy atom. The van der Waals surface area contributed by atoms with Gasteiger partial charge in [0.15, 0.2) is 0 Å². The molecule has 4 nitrogen and oxygen atoms in total. The Morgan fingerprint density at radius 1 is 1.13 bits per heavy atom. The van der Waals surface area contributed by atoms with E-state index in [2.05, 4.69) is 5.32 Å². The molecule has 122 valence electrons. The number of ether oxygens (including phenoxy) is 1. The third kappa shape index (κ3) is 4.91. The lowest BCUT2D eigenvalue weighted by Gasteiger charge is -2.11. The average Bonchev–Trinajstić information content (AvgIpc) is 2.51. The average molecular weight is 325 g/mol. The summed E-state index contributed by atoms with van der Waals surface area (Å²) in [7, 11) is 0. The summed E-state index contributed by atoms with van der Waals surface area (Å²) in [4.78, 5) is 11.5. The predicted molar refractivity (Wildman–Crippen MR) is 76.6 cm³/mol. The van der Waals surface area contributed by atoms with Crippen molar-refractivity contribution in [2.45, 2.75) is 19.3 Å². The molecule has 0 bridgehead atoms. The van der Waals surface area contributed by atoms with Crippen LogP contribution in [-0.2, 0) is 24.1 Å². The standard InChI is InChI=1S/C16H14F3NO3/c17-16(18,19)13-7-6-12(14(21)8-13)9-20-15(22)23-10-11-4-2-1-3-5-11/h1-8,21H,9-10H2,(H,20,22). The molecular formula is C16H14F3NO3.